The molecule has 1 saturated heterocycles. The van der Waals surface area contributed by atoms with Gasteiger partial charge in [0.25, 0.3) is 0 Å². The van der Waals surface area contributed by atoms with Gasteiger partial charge in [-0.05, 0) is 49.9 Å². The molecule has 2 nitrogen and oxygen atoms in total. The van der Waals surface area contributed by atoms with Crippen LogP contribution in [0.4, 0.5) is 5.69 Å². The second-order valence-corrected chi connectivity index (χ2v) is 5.47. The minimum atomic E-state index is -0.0112. The van der Waals surface area contributed by atoms with E-state index in [2.05, 4.69) is 41.9 Å². The van der Waals surface area contributed by atoms with Gasteiger partial charge < -0.3 is 4.90 Å². The molecule has 1 fully saturated rings. The van der Waals surface area contributed by atoms with Crippen LogP contribution in [0, 0.1) is 13.8 Å². The van der Waals surface area contributed by atoms with Crippen molar-refractivity contribution < 1.29 is 4.79 Å². The predicted molar refractivity (Wildman–Crippen MR) is 70.2 cm³/mol. The largest absolute Gasteiger partial charge is 0.311 e. The zero-order chi connectivity index (χ0) is 11.7. The van der Waals surface area contributed by atoms with Gasteiger partial charge in [0.05, 0.1) is 4.83 Å². The number of benzene rings is 1. The zero-order valence-electron chi connectivity index (χ0n) is 9.66. The van der Waals surface area contributed by atoms with E-state index >= 15 is 0 Å². The monoisotopic (exact) mass is 281 g/mol. The summed E-state index contributed by atoms with van der Waals surface area (Å²) in [5, 5.41) is 0. The lowest BCUT2D eigenvalue weighted by Crippen LogP contribution is -2.41. The van der Waals surface area contributed by atoms with Crippen LogP contribution in [0.3, 0.4) is 0 Å². The Kier molecular flexibility index (Phi) is 3.33. The minimum Gasteiger partial charge on any atom is -0.311 e. The van der Waals surface area contributed by atoms with E-state index in [1.165, 1.54) is 11.1 Å². The lowest BCUT2D eigenvalue weighted by atomic mass is 10.1. The Hall–Kier alpha value is -0.830. The molecule has 1 unspecified atom stereocenters. The van der Waals surface area contributed by atoms with Crippen molar-refractivity contribution in [3.8, 4) is 0 Å². The Morgan fingerprint density at radius 1 is 1.31 bits per heavy atom. The third-order valence-electron chi connectivity index (χ3n) is 3.18. The summed E-state index contributed by atoms with van der Waals surface area (Å²) >= 11 is 3.43. The Morgan fingerprint density at radius 2 is 2.06 bits per heavy atom. The van der Waals surface area contributed by atoms with Crippen molar-refractivity contribution in [3.05, 3.63) is 29.3 Å². The van der Waals surface area contributed by atoms with E-state index in [0.717, 1.165) is 25.1 Å². The number of hydrogen-bond donors (Lipinski definition) is 0. The van der Waals surface area contributed by atoms with Crippen molar-refractivity contribution in [1.29, 1.82) is 0 Å². The molecule has 0 aromatic heterocycles. The maximum atomic E-state index is 12.0. The average molecular weight is 282 g/mol. The molecule has 86 valence electrons. The number of piperidine rings is 1. The maximum Gasteiger partial charge on any atom is 0.240 e. The van der Waals surface area contributed by atoms with Crippen LogP contribution in [-0.2, 0) is 4.79 Å². The van der Waals surface area contributed by atoms with Crippen LogP contribution in [0.1, 0.15) is 24.0 Å². The molecule has 1 aromatic rings. The number of rotatable bonds is 1. The first-order valence-electron chi connectivity index (χ1n) is 5.62. The number of amides is 1. The Morgan fingerprint density at radius 3 is 2.75 bits per heavy atom. The van der Waals surface area contributed by atoms with Crippen LogP contribution in [0.25, 0.3) is 0 Å². The summed E-state index contributed by atoms with van der Waals surface area (Å²) in [4.78, 5) is 13.9. The number of carbonyl (C=O) groups excluding carboxylic acids is 1. The fraction of sp³-hybridized carbons (Fsp3) is 0.462. The van der Waals surface area contributed by atoms with Crippen LogP contribution in [0.15, 0.2) is 18.2 Å². The molecule has 0 bridgehead atoms. The summed E-state index contributed by atoms with van der Waals surface area (Å²) in [7, 11) is 0. The average Bonchev–Trinajstić information content (AvgIpc) is 2.26. The fourth-order valence-corrected chi connectivity index (χ4v) is 2.55. The number of anilines is 1. The van der Waals surface area contributed by atoms with Gasteiger partial charge in [0.2, 0.25) is 5.91 Å². The summed E-state index contributed by atoms with van der Waals surface area (Å²) in [6.07, 6.45) is 2.01. The van der Waals surface area contributed by atoms with E-state index in [4.69, 9.17) is 0 Å². The molecular formula is C13H16BrNO. The summed E-state index contributed by atoms with van der Waals surface area (Å²) < 4.78 is 0. The molecule has 0 saturated carbocycles. The van der Waals surface area contributed by atoms with Crippen molar-refractivity contribution >= 4 is 27.5 Å². The Labute approximate surface area is 105 Å². The summed E-state index contributed by atoms with van der Waals surface area (Å²) in [5.74, 6) is 0.189. The van der Waals surface area contributed by atoms with E-state index in [1.54, 1.807) is 0 Å². The molecule has 16 heavy (non-hydrogen) atoms. The number of alkyl halides is 1. The van der Waals surface area contributed by atoms with Crippen molar-refractivity contribution in [2.24, 2.45) is 0 Å². The molecule has 0 N–H and O–H groups in total. The molecule has 3 heteroatoms. The maximum absolute atomic E-state index is 12.0. The lowest BCUT2D eigenvalue weighted by molar-refractivity contribution is -0.118. The van der Waals surface area contributed by atoms with E-state index in [9.17, 15) is 4.79 Å². The number of nitrogens with zero attached hydrogens (tertiary/aromatic N) is 1. The standard InChI is InChI=1S/C13H16BrNO/c1-9-5-6-11(8-10(9)2)15-7-3-4-12(14)13(15)16/h5-6,8,12H,3-4,7H2,1-2H3. The van der Waals surface area contributed by atoms with Gasteiger partial charge in [-0.3, -0.25) is 4.79 Å². The molecule has 1 amide bonds. The third kappa shape index (κ3) is 2.14. The Balaban J connectivity index is 2.29. The van der Waals surface area contributed by atoms with E-state index in [-0.39, 0.29) is 10.7 Å². The van der Waals surface area contributed by atoms with Crippen molar-refractivity contribution in [2.75, 3.05) is 11.4 Å². The first-order valence-corrected chi connectivity index (χ1v) is 6.54. The number of halogens is 1. The second kappa shape index (κ2) is 4.58. The van der Waals surface area contributed by atoms with Crippen LogP contribution in [-0.4, -0.2) is 17.3 Å². The summed E-state index contributed by atoms with van der Waals surface area (Å²) in [6, 6.07) is 6.21. The van der Waals surface area contributed by atoms with Crippen molar-refractivity contribution in [3.63, 3.8) is 0 Å². The normalized spacial score (nSPS) is 21.3. The molecule has 0 spiro atoms. The predicted octanol–water partition coefficient (Wildman–Crippen LogP) is 3.19. The molecule has 0 aliphatic carbocycles. The third-order valence-corrected chi connectivity index (χ3v) is 4.02. The smallest absolute Gasteiger partial charge is 0.240 e. The van der Waals surface area contributed by atoms with Gasteiger partial charge in [-0.25, -0.2) is 0 Å². The summed E-state index contributed by atoms with van der Waals surface area (Å²) in [6.45, 7) is 5.01. The van der Waals surface area contributed by atoms with Gasteiger partial charge in [-0.15, -0.1) is 0 Å². The minimum absolute atomic E-state index is 0.0112. The molecule has 1 aromatic carbocycles. The highest BCUT2D eigenvalue weighted by atomic mass is 79.9. The fourth-order valence-electron chi connectivity index (χ4n) is 1.98. The molecule has 1 aliphatic rings. The number of carbonyl (C=O) groups is 1. The van der Waals surface area contributed by atoms with Crippen LogP contribution in [0.5, 0.6) is 0 Å². The van der Waals surface area contributed by atoms with E-state index < -0.39 is 0 Å². The topological polar surface area (TPSA) is 20.3 Å². The highest BCUT2D eigenvalue weighted by Crippen LogP contribution is 2.26. The molecule has 2 rings (SSSR count). The molecule has 1 heterocycles. The highest BCUT2D eigenvalue weighted by molar-refractivity contribution is 9.10. The molecular weight excluding hydrogens is 266 g/mol. The quantitative estimate of drug-likeness (QED) is 0.724. The van der Waals surface area contributed by atoms with E-state index in [0.29, 0.717) is 0 Å². The molecule has 1 atom stereocenters. The van der Waals surface area contributed by atoms with Gasteiger partial charge in [0, 0.05) is 12.2 Å². The number of aryl methyl sites for hydroxylation is 2. The van der Waals surface area contributed by atoms with Gasteiger partial charge >= 0.3 is 0 Å². The number of hydrogen-bond acceptors (Lipinski definition) is 1. The lowest BCUT2D eigenvalue weighted by Gasteiger charge is -2.30. The molecule has 1 aliphatic heterocycles. The van der Waals surface area contributed by atoms with Gasteiger partial charge in [-0.1, -0.05) is 22.0 Å². The van der Waals surface area contributed by atoms with Crippen LogP contribution < -0.4 is 4.90 Å². The SMILES string of the molecule is Cc1ccc(N2CCCC(Br)C2=O)cc1C. The first kappa shape index (κ1) is 11.6. The Bertz CT molecular complexity index is 416. The zero-order valence-corrected chi connectivity index (χ0v) is 11.3. The second-order valence-electron chi connectivity index (χ2n) is 4.37. The first-order chi connectivity index (χ1) is 7.59. The molecule has 0 radical (unpaired) electrons. The van der Waals surface area contributed by atoms with E-state index in [1.807, 2.05) is 11.0 Å². The summed E-state index contributed by atoms with van der Waals surface area (Å²) in [5.41, 5.74) is 3.53. The van der Waals surface area contributed by atoms with Gasteiger partial charge in [0.1, 0.15) is 0 Å². The van der Waals surface area contributed by atoms with Gasteiger partial charge in [0.15, 0.2) is 0 Å². The highest BCUT2D eigenvalue weighted by Gasteiger charge is 2.27. The van der Waals surface area contributed by atoms with Crippen LogP contribution in [0.2, 0.25) is 0 Å². The van der Waals surface area contributed by atoms with Crippen LogP contribution >= 0.6 is 15.9 Å². The van der Waals surface area contributed by atoms with Gasteiger partial charge in [-0.2, -0.15) is 0 Å². The van der Waals surface area contributed by atoms with Crippen molar-refractivity contribution in [1.82, 2.24) is 0 Å². The van der Waals surface area contributed by atoms with Crippen molar-refractivity contribution in [2.45, 2.75) is 31.5 Å².